The third kappa shape index (κ3) is 4.21. The van der Waals surface area contributed by atoms with E-state index in [9.17, 15) is 9.18 Å². The summed E-state index contributed by atoms with van der Waals surface area (Å²) in [7, 11) is 0. The molecule has 2 aromatic carbocycles. The topological polar surface area (TPSA) is 93.9 Å². The molecule has 6 nitrogen and oxygen atoms in total. The van der Waals surface area contributed by atoms with Crippen LogP contribution in [0.25, 0.3) is 17.1 Å². The molecule has 3 aromatic rings. The van der Waals surface area contributed by atoms with E-state index in [1.165, 1.54) is 35.1 Å². The molecule has 1 aliphatic rings. The maximum atomic E-state index is 14.4. The summed E-state index contributed by atoms with van der Waals surface area (Å²) in [5.41, 5.74) is 7.79. The van der Waals surface area contributed by atoms with Gasteiger partial charge in [0.2, 0.25) is 5.88 Å². The molecule has 158 valence electrons. The van der Waals surface area contributed by atoms with Crippen LogP contribution in [-0.2, 0) is 0 Å². The molecule has 1 heterocycles. The van der Waals surface area contributed by atoms with Crippen LogP contribution in [0.3, 0.4) is 0 Å². The normalized spacial score (nSPS) is 13.1. The van der Waals surface area contributed by atoms with Crippen LogP contribution in [0.4, 0.5) is 4.39 Å². The van der Waals surface area contributed by atoms with Gasteiger partial charge in [0, 0.05) is 5.56 Å². The van der Waals surface area contributed by atoms with E-state index in [-0.39, 0.29) is 22.8 Å². The highest BCUT2D eigenvalue weighted by Gasteiger charge is 2.24. The number of nitriles is 1. The van der Waals surface area contributed by atoms with Crippen molar-refractivity contribution in [2.75, 3.05) is 13.2 Å². The second-order valence-electron chi connectivity index (χ2n) is 7.67. The van der Waals surface area contributed by atoms with Gasteiger partial charge in [0.1, 0.15) is 11.9 Å². The summed E-state index contributed by atoms with van der Waals surface area (Å²) in [5.74, 6) is 0.372. The third-order valence-corrected chi connectivity index (χ3v) is 5.40. The molecule has 7 heteroatoms. The van der Waals surface area contributed by atoms with Crippen LogP contribution in [0.5, 0.6) is 5.88 Å². The second-order valence-corrected chi connectivity index (χ2v) is 7.67. The largest absolute Gasteiger partial charge is 0.477 e. The zero-order valence-corrected chi connectivity index (χ0v) is 17.3. The molecule has 1 saturated carbocycles. The summed E-state index contributed by atoms with van der Waals surface area (Å²) in [4.78, 5) is 17.9. The molecule has 0 atom stereocenters. The summed E-state index contributed by atoms with van der Waals surface area (Å²) in [6, 6.07) is 13.8. The molecular weight excluding hydrogens is 395 g/mol. The van der Waals surface area contributed by atoms with Crippen LogP contribution in [-0.4, -0.2) is 22.7 Å². The summed E-state index contributed by atoms with van der Waals surface area (Å²) in [5, 5.41) is 9.04. The quantitative estimate of drug-likeness (QED) is 0.589. The minimum atomic E-state index is -0.670. The number of ether oxygens (including phenoxy) is 1. The van der Waals surface area contributed by atoms with Gasteiger partial charge >= 0.3 is 0 Å². The molecule has 0 spiro atoms. The molecule has 0 amide bonds. The number of nitrogens with two attached hydrogens (primary N) is 1. The number of halogens is 1. The molecule has 0 unspecified atom stereocenters. The van der Waals surface area contributed by atoms with Gasteiger partial charge in [0.15, 0.2) is 5.82 Å². The van der Waals surface area contributed by atoms with Crippen molar-refractivity contribution in [3.05, 3.63) is 75.3 Å². The van der Waals surface area contributed by atoms with Gasteiger partial charge in [-0.05, 0) is 74.5 Å². The van der Waals surface area contributed by atoms with Crippen molar-refractivity contribution in [1.29, 1.82) is 5.26 Å². The maximum Gasteiger partial charge on any atom is 0.265 e. The first-order valence-corrected chi connectivity index (χ1v) is 10.3. The molecule has 1 aliphatic carbocycles. The van der Waals surface area contributed by atoms with Gasteiger partial charge in [-0.3, -0.25) is 9.36 Å². The van der Waals surface area contributed by atoms with E-state index in [1.54, 1.807) is 13.0 Å². The van der Waals surface area contributed by atoms with Crippen molar-refractivity contribution >= 4 is 0 Å². The van der Waals surface area contributed by atoms with Crippen LogP contribution in [0.15, 0.2) is 47.3 Å². The van der Waals surface area contributed by atoms with Crippen molar-refractivity contribution in [1.82, 2.24) is 9.55 Å². The van der Waals surface area contributed by atoms with E-state index in [0.717, 1.165) is 0 Å². The number of hydrogen-bond donors (Lipinski definition) is 1. The Kier molecular flexibility index (Phi) is 5.83. The standard InChI is InChI=1S/C24H23FN4O2/c1-15-23(31-12-2-11-26)28-22(18-5-6-19(14-27)21(25)13-18)29(24(15)30)20-9-7-17(8-10-20)16-3-4-16/h5-10,13,16H,2-4,11-12,26H2,1H3. The Hall–Kier alpha value is -3.50. The van der Waals surface area contributed by atoms with Crippen LogP contribution in [0.1, 0.15) is 41.9 Å². The predicted molar refractivity (Wildman–Crippen MR) is 116 cm³/mol. The van der Waals surface area contributed by atoms with Gasteiger partial charge in [0.05, 0.1) is 23.4 Å². The lowest BCUT2D eigenvalue weighted by Crippen LogP contribution is -2.25. The summed E-state index contributed by atoms with van der Waals surface area (Å²) in [6.45, 7) is 2.44. The lowest BCUT2D eigenvalue weighted by atomic mass is 10.1. The van der Waals surface area contributed by atoms with Crippen LogP contribution < -0.4 is 16.0 Å². The second kappa shape index (κ2) is 8.70. The van der Waals surface area contributed by atoms with Crippen LogP contribution in [0, 0.1) is 24.1 Å². The molecule has 4 rings (SSSR count). The van der Waals surface area contributed by atoms with Crippen molar-refractivity contribution in [2.24, 2.45) is 5.73 Å². The van der Waals surface area contributed by atoms with Gasteiger partial charge in [-0.15, -0.1) is 0 Å². The Labute approximate surface area is 179 Å². The van der Waals surface area contributed by atoms with Crippen molar-refractivity contribution in [3.8, 4) is 29.0 Å². The summed E-state index contributed by atoms with van der Waals surface area (Å²) < 4.78 is 21.5. The zero-order valence-electron chi connectivity index (χ0n) is 17.3. The summed E-state index contributed by atoms with van der Waals surface area (Å²) >= 11 is 0. The van der Waals surface area contributed by atoms with Crippen molar-refractivity contribution < 1.29 is 9.13 Å². The fraction of sp³-hybridized carbons (Fsp3) is 0.292. The van der Waals surface area contributed by atoms with E-state index in [1.807, 2.05) is 30.3 Å². The fourth-order valence-electron chi connectivity index (χ4n) is 3.47. The summed E-state index contributed by atoms with van der Waals surface area (Å²) in [6.07, 6.45) is 2.99. The lowest BCUT2D eigenvalue weighted by molar-refractivity contribution is 0.298. The highest BCUT2D eigenvalue weighted by molar-refractivity contribution is 5.61. The Balaban J connectivity index is 1.87. The van der Waals surface area contributed by atoms with Gasteiger partial charge < -0.3 is 10.5 Å². The number of aromatic nitrogens is 2. The first-order valence-electron chi connectivity index (χ1n) is 10.3. The van der Waals surface area contributed by atoms with Crippen molar-refractivity contribution in [3.63, 3.8) is 0 Å². The minimum Gasteiger partial charge on any atom is -0.477 e. The first kappa shape index (κ1) is 20.8. The zero-order chi connectivity index (χ0) is 22.0. The van der Waals surface area contributed by atoms with Crippen LogP contribution >= 0.6 is 0 Å². The van der Waals surface area contributed by atoms with E-state index in [0.29, 0.717) is 42.3 Å². The molecule has 0 bridgehead atoms. The molecule has 0 saturated heterocycles. The lowest BCUT2D eigenvalue weighted by Gasteiger charge is -2.17. The molecule has 0 aliphatic heterocycles. The smallest absolute Gasteiger partial charge is 0.265 e. The molecular formula is C24H23FN4O2. The highest BCUT2D eigenvalue weighted by Crippen LogP contribution is 2.40. The van der Waals surface area contributed by atoms with Gasteiger partial charge in [-0.25, -0.2) is 4.39 Å². The first-order chi connectivity index (χ1) is 15.0. The molecule has 31 heavy (non-hydrogen) atoms. The molecule has 0 radical (unpaired) electrons. The SMILES string of the molecule is Cc1c(OCCCN)nc(-c2ccc(C#N)c(F)c2)n(-c2ccc(C3CC3)cc2)c1=O. The molecule has 1 fully saturated rings. The Bertz CT molecular complexity index is 1210. The number of benzene rings is 2. The van der Waals surface area contributed by atoms with E-state index < -0.39 is 5.82 Å². The van der Waals surface area contributed by atoms with E-state index in [2.05, 4.69) is 4.98 Å². The van der Waals surface area contributed by atoms with Crippen molar-refractivity contribution in [2.45, 2.75) is 32.1 Å². The van der Waals surface area contributed by atoms with E-state index >= 15 is 0 Å². The average molecular weight is 418 g/mol. The van der Waals surface area contributed by atoms with Crippen LogP contribution in [0.2, 0.25) is 0 Å². The Morgan fingerprint density at radius 2 is 2.00 bits per heavy atom. The Morgan fingerprint density at radius 1 is 1.26 bits per heavy atom. The highest BCUT2D eigenvalue weighted by atomic mass is 19.1. The maximum absolute atomic E-state index is 14.4. The van der Waals surface area contributed by atoms with Gasteiger partial charge in [-0.1, -0.05) is 12.1 Å². The number of hydrogen-bond acceptors (Lipinski definition) is 5. The Morgan fingerprint density at radius 3 is 2.61 bits per heavy atom. The fourth-order valence-corrected chi connectivity index (χ4v) is 3.47. The molecule has 2 N–H and O–H groups in total. The van der Waals surface area contributed by atoms with Gasteiger partial charge in [0.25, 0.3) is 5.56 Å². The predicted octanol–water partition coefficient (Wildman–Crippen LogP) is 3.82. The molecule has 1 aromatic heterocycles. The van der Waals surface area contributed by atoms with Gasteiger partial charge in [-0.2, -0.15) is 10.2 Å². The van der Waals surface area contributed by atoms with E-state index in [4.69, 9.17) is 15.7 Å². The average Bonchev–Trinajstić information content (AvgIpc) is 3.62. The number of nitrogens with zero attached hydrogens (tertiary/aromatic N) is 3. The monoisotopic (exact) mass is 418 g/mol. The minimum absolute atomic E-state index is 0.0713. The number of rotatable bonds is 7. The third-order valence-electron chi connectivity index (χ3n) is 5.40.